The Balaban J connectivity index is 2.58. The summed E-state index contributed by atoms with van der Waals surface area (Å²) < 4.78 is 38.1. The van der Waals surface area contributed by atoms with Gasteiger partial charge in [-0.2, -0.15) is 13.2 Å². The van der Waals surface area contributed by atoms with E-state index in [4.69, 9.17) is 0 Å². The van der Waals surface area contributed by atoms with Crippen LogP contribution >= 0.6 is 0 Å². The molecule has 0 saturated heterocycles. The highest BCUT2D eigenvalue weighted by molar-refractivity contribution is 5.69. The minimum atomic E-state index is -4.36. The highest BCUT2D eigenvalue weighted by Crippen LogP contribution is 2.35. The number of rotatable bonds is 1. The lowest BCUT2D eigenvalue weighted by Gasteiger charge is -2.13. The minimum absolute atomic E-state index is 0.0196. The third-order valence-corrected chi connectivity index (χ3v) is 2.57. The Morgan fingerprint density at radius 3 is 2.06 bits per heavy atom. The van der Waals surface area contributed by atoms with Crippen LogP contribution in [0.4, 0.5) is 13.2 Å². The topological polar surface area (TPSA) is 0 Å². The molecule has 0 N–H and O–H groups in total. The van der Waals surface area contributed by atoms with Crippen molar-refractivity contribution in [3.63, 3.8) is 0 Å². The fourth-order valence-corrected chi connectivity index (χ4v) is 1.74. The van der Waals surface area contributed by atoms with Gasteiger partial charge in [0.25, 0.3) is 0 Å². The van der Waals surface area contributed by atoms with E-state index in [1.807, 2.05) is 6.07 Å². The highest BCUT2D eigenvalue weighted by atomic mass is 19.4. The van der Waals surface area contributed by atoms with Crippen molar-refractivity contribution >= 4 is 0 Å². The molecular formula is C14H10F3. The summed E-state index contributed by atoms with van der Waals surface area (Å²) in [5.74, 6) is 0. The first kappa shape index (κ1) is 11.7. The molecule has 0 amide bonds. The lowest BCUT2D eigenvalue weighted by atomic mass is 9.96. The third kappa shape index (κ3) is 2.33. The molecule has 0 atom stereocenters. The summed E-state index contributed by atoms with van der Waals surface area (Å²) in [5, 5.41) is 0. The van der Waals surface area contributed by atoms with Crippen LogP contribution in [-0.4, -0.2) is 0 Å². The number of halogens is 3. The Kier molecular flexibility index (Phi) is 2.92. The summed E-state index contributed by atoms with van der Waals surface area (Å²) in [5.41, 5.74) is 0.592. The molecule has 0 aliphatic heterocycles. The molecular weight excluding hydrogens is 225 g/mol. The Morgan fingerprint density at radius 1 is 0.824 bits per heavy atom. The number of benzene rings is 2. The number of hydrogen-bond acceptors (Lipinski definition) is 0. The molecule has 2 aromatic rings. The van der Waals surface area contributed by atoms with Crippen LogP contribution in [0.2, 0.25) is 0 Å². The average molecular weight is 235 g/mol. The molecule has 0 aromatic heterocycles. The number of hydrogen-bond donors (Lipinski definition) is 0. The van der Waals surface area contributed by atoms with Crippen LogP contribution in [0.25, 0.3) is 11.1 Å². The summed E-state index contributed by atoms with van der Waals surface area (Å²) in [7, 11) is 0. The fraction of sp³-hybridized carbons (Fsp3) is 0.0714. The van der Waals surface area contributed by atoms with Gasteiger partial charge in [0.05, 0.1) is 5.56 Å². The normalized spacial score (nSPS) is 11.5. The second kappa shape index (κ2) is 4.24. The molecule has 0 spiro atoms. The van der Waals surface area contributed by atoms with E-state index in [-0.39, 0.29) is 5.56 Å². The molecule has 0 heterocycles. The molecule has 0 aliphatic rings. The molecule has 0 nitrogen and oxygen atoms in total. The van der Waals surface area contributed by atoms with E-state index in [0.29, 0.717) is 5.56 Å². The first-order chi connectivity index (χ1) is 8.00. The standard InChI is InChI=1S/C14H10F3/c1-10-12(11-6-3-2-4-7-11)8-5-9-13(10)14(15,16)17/h2-9H,1H2. The molecule has 2 rings (SSSR count). The van der Waals surface area contributed by atoms with Crippen molar-refractivity contribution in [1.29, 1.82) is 0 Å². The maximum Gasteiger partial charge on any atom is 0.416 e. The molecule has 17 heavy (non-hydrogen) atoms. The molecule has 0 fully saturated rings. The molecule has 0 unspecified atom stereocenters. The monoisotopic (exact) mass is 235 g/mol. The van der Waals surface area contributed by atoms with Crippen LogP contribution in [0, 0.1) is 6.92 Å². The second-order valence-corrected chi connectivity index (χ2v) is 3.70. The minimum Gasteiger partial charge on any atom is -0.166 e. The van der Waals surface area contributed by atoms with E-state index in [2.05, 4.69) is 6.92 Å². The van der Waals surface area contributed by atoms with E-state index in [1.54, 1.807) is 30.3 Å². The Morgan fingerprint density at radius 2 is 1.47 bits per heavy atom. The number of alkyl halides is 3. The van der Waals surface area contributed by atoms with E-state index in [9.17, 15) is 13.2 Å². The zero-order valence-electron chi connectivity index (χ0n) is 8.96. The lowest BCUT2D eigenvalue weighted by Crippen LogP contribution is -2.07. The maximum absolute atomic E-state index is 12.7. The third-order valence-electron chi connectivity index (χ3n) is 2.57. The van der Waals surface area contributed by atoms with Gasteiger partial charge in [-0.15, -0.1) is 0 Å². The lowest BCUT2D eigenvalue weighted by molar-refractivity contribution is -0.137. The molecule has 0 bridgehead atoms. The van der Waals surface area contributed by atoms with Gasteiger partial charge >= 0.3 is 6.18 Å². The Hall–Kier alpha value is -1.77. The highest BCUT2D eigenvalue weighted by Gasteiger charge is 2.32. The van der Waals surface area contributed by atoms with Crippen molar-refractivity contribution in [1.82, 2.24) is 0 Å². The van der Waals surface area contributed by atoms with Crippen molar-refractivity contribution < 1.29 is 13.2 Å². The van der Waals surface area contributed by atoms with E-state index in [1.165, 1.54) is 6.07 Å². The van der Waals surface area contributed by atoms with Gasteiger partial charge < -0.3 is 0 Å². The molecule has 0 aliphatic carbocycles. The first-order valence-electron chi connectivity index (χ1n) is 5.08. The van der Waals surface area contributed by atoms with Gasteiger partial charge in [0.2, 0.25) is 0 Å². The van der Waals surface area contributed by atoms with E-state index >= 15 is 0 Å². The summed E-state index contributed by atoms with van der Waals surface area (Å²) in [6.07, 6.45) is -4.36. The van der Waals surface area contributed by atoms with Crippen LogP contribution in [-0.2, 0) is 6.18 Å². The quantitative estimate of drug-likeness (QED) is 0.680. The van der Waals surface area contributed by atoms with Gasteiger partial charge in [-0.05, 0) is 29.7 Å². The van der Waals surface area contributed by atoms with Crippen LogP contribution in [0.3, 0.4) is 0 Å². The van der Waals surface area contributed by atoms with Crippen LogP contribution in [0.1, 0.15) is 11.1 Å². The van der Waals surface area contributed by atoms with Crippen molar-refractivity contribution in [3.05, 3.63) is 66.6 Å². The SMILES string of the molecule is [CH2]c1c(-c2ccccc2)cccc1C(F)(F)F. The largest absolute Gasteiger partial charge is 0.416 e. The van der Waals surface area contributed by atoms with Crippen LogP contribution in [0.15, 0.2) is 48.5 Å². The van der Waals surface area contributed by atoms with Gasteiger partial charge in [-0.1, -0.05) is 42.5 Å². The van der Waals surface area contributed by atoms with Crippen molar-refractivity contribution in [2.75, 3.05) is 0 Å². The predicted octanol–water partition coefficient (Wildman–Crippen LogP) is 4.55. The fourth-order valence-electron chi connectivity index (χ4n) is 1.74. The van der Waals surface area contributed by atoms with Gasteiger partial charge in [-0.3, -0.25) is 0 Å². The molecule has 1 radical (unpaired) electrons. The van der Waals surface area contributed by atoms with Crippen molar-refractivity contribution in [2.45, 2.75) is 6.18 Å². The summed E-state index contributed by atoms with van der Waals surface area (Å²) in [6.45, 7) is 3.54. The van der Waals surface area contributed by atoms with Crippen molar-refractivity contribution in [3.8, 4) is 11.1 Å². The summed E-state index contributed by atoms with van der Waals surface area (Å²) in [4.78, 5) is 0. The summed E-state index contributed by atoms with van der Waals surface area (Å²) >= 11 is 0. The first-order valence-corrected chi connectivity index (χ1v) is 5.08. The molecule has 87 valence electrons. The molecule has 3 heteroatoms. The maximum atomic E-state index is 12.7. The van der Waals surface area contributed by atoms with Crippen LogP contribution < -0.4 is 0 Å². The van der Waals surface area contributed by atoms with Gasteiger partial charge in [0.1, 0.15) is 0 Å². The molecule has 2 aromatic carbocycles. The Bertz CT molecular complexity index is 513. The van der Waals surface area contributed by atoms with Crippen LogP contribution in [0.5, 0.6) is 0 Å². The second-order valence-electron chi connectivity index (χ2n) is 3.70. The van der Waals surface area contributed by atoms with Gasteiger partial charge in [0.15, 0.2) is 0 Å². The zero-order valence-corrected chi connectivity index (χ0v) is 8.96. The average Bonchev–Trinajstić information content (AvgIpc) is 2.29. The summed E-state index contributed by atoms with van der Waals surface area (Å²) in [6, 6.07) is 13.0. The smallest absolute Gasteiger partial charge is 0.166 e. The van der Waals surface area contributed by atoms with Gasteiger partial charge in [0, 0.05) is 0 Å². The zero-order chi connectivity index (χ0) is 12.5. The predicted molar refractivity (Wildman–Crippen MR) is 61.3 cm³/mol. The van der Waals surface area contributed by atoms with Gasteiger partial charge in [-0.25, -0.2) is 0 Å². The Labute approximate surface area is 97.7 Å². The van der Waals surface area contributed by atoms with Crippen molar-refractivity contribution in [2.24, 2.45) is 0 Å². The van der Waals surface area contributed by atoms with E-state index in [0.717, 1.165) is 11.6 Å². The van der Waals surface area contributed by atoms with E-state index < -0.39 is 11.7 Å². The molecule has 0 saturated carbocycles.